The van der Waals surface area contributed by atoms with Crippen molar-refractivity contribution in [1.29, 1.82) is 0 Å². The predicted molar refractivity (Wildman–Crippen MR) is 84.8 cm³/mol. The summed E-state index contributed by atoms with van der Waals surface area (Å²) in [5.41, 5.74) is 6.16. The normalized spacial score (nSPS) is 37.2. The van der Waals surface area contributed by atoms with E-state index in [0.717, 1.165) is 38.3 Å². The molecule has 1 aliphatic heterocycles. The Morgan fingerprint density at radius 1 is 1.10 bits per heavy atom. The average Bonchev–Trinajstić information content (AvgIpc) is 2.47. The Morgan fingerprint density at radius 2 is 1.76 bits per heavy atom. The van der Waals surface area contributed by atoms with Gasteiger partial charge in [0.1, 0.15) is 0 Å². The van der Waals surface area contributed by atoms with Crippen LogP contribution < -0.4 is 16.4 Å². The molecule has 2 saturated carbocycles. The van der Waals surface area contributed by atoms with Crippen molar-refractivity contribution >= 4 is 5.91 Å². The van der Waals surface area contributed by atoms with Gasteiger partial charge >= 0.3 is 0 Å². The number of carbonyl (C=O) groups excluding carboxylic acids is 1. The SMILES string of the molecule is NC1CC2CCCC(C1)C2NC(=O)CCC1CCNCC1. The molecule has 1 amide bonds. The molecular formula is C17H31N3O. The molecule has 4 N–H and O–H groups in total. The Bertz CT molecular complexity index is 340. The van der Waals surface area contributed by atoms with Crippen LogP contribution in [0.2, 0.25) is 0 Å². The van der Waals surface area contributed by atoms with Crippen molar-refractivity contribution in [3.63, 3.8) is 0 Å². The maximum absolute atomic E-state index is 12.3. The van der Waals surface area contributed by atoms with Crippen LogP contribution in [-0.4, -0.2) is 31.1 Å². The molecule has 4 heteroatoms. The Hall–Kier alpha value is -0.610. The lowest BCUT2D eigenvalue weighted by Crippen LogP contribution is -2.53. The summed E-state index contributed by atoms with van der Waals surface area (Å²) in [6.45, 7) is 2.24. The second kappa shape index (κ2) is 7.10. The fourth-order valence-electron chi connectivity index (χ4n) is 4.79. The molecule has 2 atom stereocenters. The second-order valence-corrected chi connectivity index (χ2v) is 7.51. The van der Waals surface area contributed by atoms with Gasteiger partial charge in [-0.1, -0.05) is 6.42 Å². The highest BCUT2D eigenvalue weighted by Crippen LogP contribution is 2.39. The van der Waals surface area contributed by atoms with Crippen LogP contribution in [0.3, 0.4) is 0 Å². The molecule has 3 rings (SSSR count). The van der Waals surface area contributed by atoms with Crippen LogP contribution in [0.15, 0.2) is 0 Å². The standard InChI is InChI=1S/C17H31N3O/c18-15-10-13-2-1-3-14(11-15)17(13)20-16(21)5-4-12-6-8-19-9-7-12/h12-15,17,19H,1-11,18H2,(H,20,21). The Labute approximate surface area is 128 Å². The second-order valence-electron chi connectivity index (χ2n) is 7.51. The molecule has 0 spiro atoms. The van der Waals surface area contributed by atoms with Gasteiger partial charge in [0.05, 0.1) is 0 Å². The van der Waals surface area contributed by atoms with Gasteiger partial charge in [0.25, 0.3) is 0 Å². The van der Waals surface area contributed by atoms with Gasteiger partial charge in [-0.25, -0.2) is 0 Å². The monoisotopic (exact) mass is 293 g/mol. The lowest BCUT2D eigenvalue weighted by Gasteiger charge is -2.45. The number of nitrogens with two attached hydrogens (primary N) is 1. The smallest absolute Gasteiger partial charge is 0.220 e. The van der Waals surface area contributed by atoms with E-state index in [-0.39, 0.29) is 5.91 Å². The minimum atomic E-state index is 0.283. The molecular weight excluding hydrogens is 262 g/mol. The molecule has 0 aromatic heterocycles. The minimum absolute atomic E-state index is 0.283. The van der Waals surface area contributed by atoms with Crippen LogP contribution in [0, 0.1) is 17.8 Å². The van der Waals surface area contributed by atoms with Gasteiger partial charge in [0.2, 0.25) is 5.91 Å². The summed E-state index contributed by atoms with van der Waals surface area (Å²) in [4.78, 5) is 12.3. The molecule has 3 fully saturated rings. The van der Waals surface area contributed by atoms with E-state index in [2.05, 4.69) is 10.6 Å². The molecule has 1 saturated heterocycles. The van der Waals surface area contributed by atoms with Crippen molar-refractivity contribution in [1.82, 2.24) is 10.6 Å². The van der Waals surface area contributed by atoms with E-state index < -0.39 is 0 Å². The van der Waals surface area contributed by atoms with E-state index in [1.807, 2.05) is 0 Å². The topological polar surface area (TPSA) is 67.1 Å². The van der Waals surface area contributed by atoms with Crippen molar-refractivity contribution in [2.45, 2.75) is 69.9 Å². The maximum Gasteiger partial charge on any atom is 0.220 e. The highest BCUT2D eigenvalue weighted by molar-refractivity contribution is 5.76. The number of rotatable bonds is 4. The summed E-state index contributed by atoms with van der Waals surface area (Å²) in [5, 5.41) is 6.76. The molecule has 3 aliphatic rings. The van der Waals surface area contributed by atoms with E-state index in [4.69, 9.17) is 5.73 Å². The molecule has 0 aromatic carbocycles. The zero-order valence-electron chi connectivity index (χ0n) is 13.2. The van der Waals surface area contributed by atoms with Gasteiger partial charge in [0, 0.05) is 18.5 Å². The maximum atomic E-state index is 12.3. The molecule has 21 heavy (non-hydrogen) atoms. The number of piperidine rings is 1. The largest absolute Gasteiger partial charge is 0.353 e. The Balaban J connectivity index is 1.45. The first kappa shape index (κ1) is 15.3. The van der Waals surface area contributed by atoms with Gasteiger partial charge in [-0.15, -0.1) is 0 Å². The number of hydrogen-bond donors (Lipinski definition) is 3. The quantitative estimate of drug-likeness (QED) is 0.740. The lowest BCUT2D eigenvalue weighted by atomic mass is 9.67. The summed E-state index contributed by atoms with van der Waals surface area (Å²) in [6.07, 6.45) is 10.3. The highest BCUT2D eigenvalue weighted by Gasteiger charge is 2.39. The third-order valence-corrected chi connectivity index (χ3v) is 5.94. The van der Waals surface area contributed by atoms with Gasteiger partial charge in [-0.2, -0.15) is 0 Å². The number of carbonyl (C=O) groups is 1. The van der Waals surface area contributed by atoms with Crippen molar-refractivity contribution in [3.8, 4) is 0 Å². The lowest BCUT2D eigenvalue weighted by molar-refractivity contribution is -0.123. The summed E-state index contributed by atoms with van der Waals surface area (Å²) in [7, 11) is 0. The van der Waals surface area contributed by atoms with Crippen molar-refractivity contribution in [2.24, 2.45) is 23.5 Å². The van der Waals surface area contributed by atoms with Crippen molar-refractivity contribution < 1.29 is 4.79 Å². The van der Waals surface area contributed by atoms with E-state index >= 15 is 0 Å². The molecule has 0 radical (unpaired) electrons. The molecule has 2 unspecified atom stereocenters. The molecule has 4 nitrogen and oxygen atoms in total. The first-order valence-electron chi connectivity index (χ1n) is 8.98. The van der Waals surface area contributed by atoms with Crippen molar-refractivity contribution in [2.75, 3.05) is 13.1 Å². The van der Waals surface area contributed by atoms with Crippen LogP contribution in [-0.2, 0) is 4.79 Å². The van der Waals surface area contributed by atoms with Gasteiger partial charge < -0.3 is 16.4 Å². The number of hydrogen-bond acceptors (Lipinski definition) is 3. The third-order valence-electron chi connectivity index (χ3n) is 5.94. The Kier molecular flexibility index (Phi) is 5.17. The van der Waals surface area contributed by atoms with Crippen LogP contribution in [0.1, 0.15) is 57.8 Å². The minimum Gasteiger partial charge on any atom is -0.353 e. The number of fused-ring (bicyclic) bond motifs is 2. The molecule has 2 bridgehead atoms. The summed E-state index contributed by atoms with van der Waals surface area (Å²) in [5.74, 6) is 2.30. The fourth-order valence-corrected chi connectivity index (χ4v) is 4.79. The van der Waals surface area contributed by atoms with Crippen LogP contribution in [0.4, 0.5) is 0 Å². The molecule has 120 valence electrons. The summed E-state index contributed by atoms with van der Waals surface area (Å²) >= 11 is 0. The van der Waals surface area contributed by atoms with Crippen LogP contribution in [0.5, 0.6) is 0 Å². The Morgan fingerprint density at radius 3 is 2.43 bits per heavy atom. The van der Waals surface area contributed by atoms with Gasteiger partial charge in [0.15, 0.2) is 0 Å². The van der Waals surface area contributed by atoms with E-state index in [1.54, 1.807) is 0 Å². The number of nitrogens with one attached hydrogen (secondary N) is 2. The fraction of sp³-hybridized carbons (Fsp3) is 0.941. The van der Waals surface area contributed by atoms with Gasteiger partial charge in [-0.3, -0.25) is 4.79 Å². The zero-order valence-corrected chi connectivity index (χ0v) is 13.2. The van der Waals surface area contributed by atoms with E-state index in [1.165, 1.54) is 32.1 Å². The average molecular weight is 293 g/mol. The first-order chi connectivity index (χ1) is 10.2. The van der Waals surface area contributed by atoms with E-state index in [0.29, 0.717) is 30.3 Å². The molecule has 1 heterocycles. The summed E-state index contributed by atoms with van der Waals surface area (Å²) in [6, 6.07) is 0.780. The van der Waals surface area contributed by atoms with Gasteiger partial charge in [-0.05, 0) is 75.8 Å². The third kappa shape index (κ3) is 3.98. The summed E-state index contributed by atoms with van der Waals surface area (Å²) < 4.78 is 0. The van der Waals surface area contributed by atoms with Crippen LogP contribution in [0.25, 0.3) is 0 Å². The zero-order chi connectivity index (χ0) is 14.7. The van der Waals surface area contributed by atoms with E-state index in [9.17, 15) is 4.79 Å². The van der Waals surface area contributed by atoms with Crippen molar-refractivity contribution in [3.05, 3.63) is 0 Å². The highest BCUT2D eigenvalue weighted by atomic mass is 16.1. The molecule has 0 aromatic rings. The first-order valence-corrected chi connectivity index (χ1v) is 8.98. The number of amides is 1. The molecule has 2 aliphatic carbocycles. The predicted octanol–water partition coefficient (Wildman–Crippen LogP) is 1.79. The van der Waals surface area contributed by atoms with Crippen LogP contribution >= 0.6 is 0 Å².